The van der Waals surface area contributed by atoms with Crippen LogP contribution in [0.3, 0.4) is 0 Å². The molecule has 2 aromatic carbocycles. The first kappa shape index (κ1) is 14.6. The molecule has 2 rings (SSSR count). The van der Waals surface area contributed by atoms with Crippen LogP contribution in [-0.4, -0.2) is 11.1 Å². The van der Waals surface area contributed by atoms with Gasteiger partial charge in [-0.3, -0.25) is 0 Å². The zero-order chi connectivity index (χ0) is 14.5. The van der Waals surface area contributed by atoms with Gasteiger partial charge in [-0.15, -0.1) is 0 Å². The summed E-state index contributed by atoms with van der Waals surface area (Å²) in [6, 6.07) is 18.9. The largest absolute Gasteiger partial charge is 0.389 e. The van der Waals surface area contributed by atoms with Gasteiger partial charge >= 0.3 is 0 Å². The lowest BCUT2D eigenvalue weighted by molar-refractivity contribution is 0.199. The van der Waals surface area contributed by atoms with E-state index in [4.69, 9.17) is 0 Å². The highest BCUT2D eigenvalue weighted by Crippen LogP contribution is 2.28. The summed E-state index contributed by atoms with van der Waals surface area (Å²) in [6.45, 7) is 7.03. The Morgan fingerprint density at radius 1 is 0.900 bits per heavy atom. The molecular weight excluding hydrogens is 246 g/mol. The first-order chi connectivity index (χ1) is 9.59. The highest BCUT2D eigenvalue weighted by atomic mass is 16.3. The predicted octanol–water partition coefficient (Wildman–Crippen LogP) is 4.15. The van der Waals surface area contributed by atoms with Crippen molar-refractivity contribution < 1.29 is 5.11 Å². The minimum absolute atomic E-state index is 0.370. The number of nitrogens with zero attached hydrogens (tertiary/aromatic N) is 1. The molecule has 0 fully saturated rings. The quantitative estimate of drug-likeness (QED) is 0.881. The molecule has 0 aliphatic heterocycles. The Labute approximate surface area is 121 Å². The number of anilines is 1. The molecule has 2 heteroatoms. The maximum Gasteiger partial charge on any atom is 0.0781 e. The number of benzene rings is 2. The van der Waals surface area contributed by atoms with Crippen LogP contribution in [0.4, 0.5) is 5.69 Å². The first-order valence-electron chi connectivity index (χ1n) is 7.17. The van der Waals surface area contributed by atoms with Crippen LogP contribution >= 0.6 is 0 Å². The Morgan fingerprint density at radius 2 is 1.50 bits per heavy atom. The lowest BCUT2D eigenvalue weighted by Gasteiger charge is -2.31. The molecule has 0 heterocycles. The molecular formula is C18H23NO. The first-order valence-corrected chi connectivity index (χ1v) is 7.17. The smallest absolute Gasteiger partial charge is 0.0781 e. The fourth-order valence-electron chi connectivity index (χ4n) is 2.43. The van der Waals surface area contributed by atoms with Crippen LogP contribution in [0.15, 0.2) is 54.6 Å². The van der Waals surface area contributed by atoms with Gasteiger partial charge in [0.15, 0.2) is 0 Å². The van der Waals surface area contributed by atoms with Crippen molar-refractivity contribution in [1.29, 1.82) is 0 Å². The summed E-state index contributed by atoms with van der Waals surface area (Å²) in [7, 11) is 0. The van der Waals surface area contributed by atoms with Gasteiger partial charge in [0.2, 0.25) is 0 Å². The third-order valence-corrected chi connectivity index (χ3v) is 3.52. The molecule has 1 atom stereocenters. The van der Waals surface area contributed by atoms with Crippen LogP contribution < -0.4 is 4.90 Å². The van der Waals surface area contributed by atoms with E-state index >= 15 is 0 Å². The highest BCUT2D eigenvalue weighted by Gasteiger charge is 2.16. The monoisotopic (exact) mass is 269 g/mol. The second kappa shape index (κ2) is 6.58. The van der Waals surface area contributed by atoms with Crippen molar-refractivity contribution >= 4 is 5.69 Å². The normalized spacial score (nSPS) is 12.4. The van der Waals surface area contributed by atoms with E-state index in [2.05, 4.69) is 49.1 Å². The highest BCUT2D eigenvalue weighted by molar-refractivity contribution is 5.55. The predicted molar refractivity (Wildman–Crippen MR) is 84.8 cm³/mol. The number of rotatable bonds is 5. The van der Waals surface area contributed by atoms with Gasteiger partial charge in [-0.25, -0.2) is 0 Å². The summed E-state index contributed by atoms with van der Waals surface area (Å²) in [5.74, 6) is 0. The second-order valence-electron chi connectivity index (χ2n) is 5.44. The van der Waals surface area contributed by atoms with Gasteiger partial charge in [0.05, 0.1) is 6.10 Å². The average Bonchev–Trinajstić information content (AvgIpc) is 2.45. The fourth-order valence-corrected chi connectivity index (χ4v) is 2.43. The molecule has 0 aliphatic rings. The summed E-state index contributed by atoms with van der Waals surface area (Å²) in [5.41, 5.74) is 3.38. The summed E-state index contributed by atoms with van der Waals surface area (Å²) >= 11 is 0. The Morgan fingerprint density at radius 3 is 2.10 bits per heavy atom. The molecule has 2 nitrogen and oxygen atoms in total. The Balaban J connectivity index is 2.34. The second-order valence-corrected chi connectivity index (χ2v) is 5.44. The minimum Gasteiger partial charge on any atom is -0.389 e. The molecule has 0 amide bonds. The molecule has 0 spiro atoms. The molecule has 0 radical (unpaired) electrons. The number of aliphatic hydroxyl groups excluding tert-OH is 1. The van der Waals surface area contributed by atoms with Crippen molar-refractivity contribution in [1.82, 2.24) is 0 Å². The minimum atomic E-state index is -0.455. The molecule has 0 aromatic heterocycles. The summed E-state index contributed by atoms with van der Waals surface area (Å²) in [5, 5.41) is 9.97. The van der Waals surface area contributed by atoms with Crippen LogP contribution in [0.5, 0.6) is 0 Å². The number of aliphatic hydroxyl groups is 1. The van der Waals surface area contributed by atoms with Crippen molar-refractivity contribution in [2.45, 2.75) is 39.5 Å². The van der Waals surface area contributed by atoms with Crippen molar-refractivity contribution in [2.24, 2.45) is 0 Å². The molecule has 106 valence electrons. The molecule has 2 aromatic rings. The van der Waals surface area contributed by atoms with Crippen LogP contribution in [-0.2, 0) is 6.54 Å². The third-order valence-electron chi connectivity index (χ3n) is 3.52. The van der Waals surface area contributed by atoms with E-state index in [9.17, 15) is 5.11 Å². The van der Waals surface area contributed by atoms with E-state index in [0.29, 0.717) is 6.04 Å². The van der Waals surface area contributed by atoms with E-state index in [1.54, 1.807) is 0 Å². The summed E-state index contributed by atoms with van der Waals surface area (Å²) in [6.07, 6.45) is -0.455. The SMILES string of the molecule is CC(C)N(Cc1ccccc1)c1ccccc1[C@@H](C)O. The van der Waals surface area contributed by atoms with Gasteiger partial charge < -0.3 is 10.0 Å². The van der Waals surface area contributed by atoms with Gasteiger partial charge in [-0.05, 0) is 32.4 Å². The Hall–Kier alpha value is -1.80. The van der Waals surface area contributed by atoms with Crippen LogP contribution in [0, 0.1) is 0 Å². The topological polar surface area (TPSA) is 23.5 Å². The van der Waals surface area contributed by atoms with E-state index in [0.717, 1.165) is 17.8 Å². The standard InChI is InChI=1S/C18H23NO/c1-14(2)19(13-16-9-5-4-6-10-16)18-12-8-7-11-17(18)15(3)20/h4-12,14-15,20H,13H2,1-3H3/t15-/m1/s1. The van der Waals surface area contributed by atoms with Crippen LogP contribution in [0.25, 0.3) is 0 Å². The number of hydrogen-bond acceptors (Lipinski definition) is 2. The zero-order valence-electron chi connectivity index (χ0n) is 12.5. The maximum absolute atomic E-state index is 9.97. The maximum atomic E-state index is 9.97. The van der Waals surface area contributed by atoms with Gasteiger partial charge in [0.1, 0.15) is 0 Å². The Bertz CT molecular complexity index is 534. The van der Waals surface area contributed by atoms with Crippen LogP contribution in [0.1, 0.15) is 38.0 Å². The average molecular weight is 269 g/mol. The molecule has 0 bridgehead atoms. The van der Waals surface area contributed by atoms with E-state index in [-0.39, 0.29) is 0 Å². The lowest BCUT2D eigenvalue weighted by Crippen LogP contribution is -2.31. The molecule has 20 heavy (non-hydrogen) atoms. The van der Waals surface area contributed by atoms with Crippen molar-refractivity contribution in [3.63, 3.8) is 0 Å². The van der Waals surface area contributed by atoms with Gasteiger partial charge in [0.25, 0.3) is 0 Å². The molecule has 0 saturated carbocycles. The van der Waals surface area contributed by atoms with Crippen molar-refractivity contribution in [2.75, 3.05) is 4.90 Å². The number of para-hydroxylation sites is 1. The van der Waals surface area contributed by atoms with E-state index in [1.165, 1.54) is 5.56 Å². The van der Waals surface area contributed by atoms with Gasteiger partial charge in [-0.2, -0.15) is 0 Å². The van der Waals surface area contributed by atoms with E-state index in [1.807, 2.05) is 31.2 Å². The molecule has 0 unspecified atom stereocenters. The zero-order valence-corrected chi connectivity index (χ0v) is 12.5. The summed E-state index contributed by atoms with van der Waals surface area (Å²) < 4.78 is 0. The third kappa shape index (κ3) is 3.40. The van der Waals surface area contributed by atoms with Gasteiger partial charge in [-0.1, -0.05) is 48.5 Å². The Kier molecular flexibility index (Phi) is 4.80. The van der Waals surface area contributed by atoms with Crippen molar-refractivity contribution in [3.05, 3.63) is 65.7 Å². The van der Waals surface area contributed by atoms with Gasteiger partial charge in [0, 0.05) is 23.8 Å². The molecule has 0 saturated heterocycles. The lowest BCUT2D eigenvalue weighted by atomic mass is 10.1. The molecule has 0 aliphatic carbocycles. The summed E-state index contributed by atoms with van der Waals surface area (Å²) in [4.78, 5) is 2.33. The fraction of sp³-hybridized carbons (Fsp3) is 0.333. The number of hydrogen-bond donors (Lipinski definition) is 1. The molecule has 1 N–H and O–H groups in total. The van der Waals surface area contributed by atoms with E-state index < -0.39 is 6.10 Å². The van der Waals surface area contributed by atoms with Crippen LogP contribution in [0.2, 0.25) is 0 Å². The van der Waals surface area contributed by atoms with Crippen molar-refractivity contribution in [3.8, 4) is 0 Å².